The van der Waals surface area contributed by atoms with E-state index in [4.69, 9.17) is 0 Å². The van der Waals surface area contributed by atoms with Crippen LogP contribution in [0, 0.1) is 6.92 Å². The summed E-state index contributed by atoms with van der Waals surface area (Å²) in [6, 6.07) is 0.332. The van der Waals surface area contributed by atoms with Crippen molar-refractivity contribution < 1.29 is 4.79 Å². The van der Waals surface area contributed by atoms with Crippen molar-refractivity contribution in [3.05, 3.63) is 11.4 Å². The Hall–Kier alpha value is -1.39. The van der Waals surface area contributed by atoms with Crippen LogP contribution in [0.15, 0.2) is 0 Å². The first-order valence-electron chi connectivity index (χ1n) is 4.95. The molecule has 1 amide bonds. The van der Waals surface area contributed by atoms with Crippen molar-refractivity contribution in [2.75, 3.05) is 0 Å². The zero-order valence-electron chi connectivity index (χ0n) is 8.21. The number of aryl methyl sites for hydroxylation is 1. The molecule has 1 fully saturated rings. The van der Waals surface area contributed by atoms with Crippen LogP contribution >= 0.6 is 0 Å². The summed E-state index contributed by atoms with van der Waals surface area (Å²) in [5.41, 5.74) is 1.07. The van der Waals surface area contributed by atoms with Crippen LogP contribution in [0.3, 0.4) is 0 Å². The minimum atomic E-state index is -0.108. The predicted octanol–water partition coefficient (Wildman–Crippen LogP) is 0.786. The van der Waals surface area contributed by atoms with E-state index in [0.29, 0.717) is 17.4 Å². The van der Waals surface area contributed by atoms with Crippen LogP contribution in [-0.2, 0) is 0 Å². The van der Waals surface area contributed by atoms with Gasteiger partial charge in [-0.1, -0.05) is 12.8 Å². The molecule has 0 radical (unpaired) electrons. The van der Waals surface area contributed by atoms with Crippen molar-refractivity contribution in [3.63, 3.8) is 0 Å². The van der Waals surface area contributed by atoms with Crippen LogP contribution in [0.1, 0.15) is 41.9 Å². The van der Waals surface area contributed by atoms with Crippen molar-refractivity contribution in [3.8, 4) is 0 Å². The lowest BCUT2D eigenvalue weighted by Crippen LogP contribution is -2.33. The zero-order valence-corrected chi connectivity index (χ0v) is 8.21. The van der Waals surface area contributed by atoms with Crippen LogP contribution in [0.2, 0.25) is 0 Å². The van der Waals surface area contributed by atoms with Crippen molar-refractivity contribution >= 4 is 5.91 Å². The van der Waals surface area contributed by atoms with Gasteiger partial charge < -0.3 is 5.32 Å². The Balaban J connectivity index is 1.98. The van der Waals surface area contributed by atoms with Gasteiger partial charge in [0.15, 0.2) is 5.69 Å². The maximum Gasteiger partial charge on any atom is 0.273 e. The molecule has 1 aliphatic carbocycles. The summed E-state index contributed by atoms with van der Waals surface area (Å²) in [6.07, 6.45) is 4.59. The minimum absolute atomic E-state index is 0.108. The topological polar surface area (TPSA) is 70.7 Å². The van der Waals surface area contributed by atoms with Gasteiger partial charge in [0.2, 0.25) is 0 Å². The number of aromatic amines is 1. The Labute approximate surface area is 82.3 Å². The average Bonchev–Trinajstić information content (AvgIpc) is 2.75. The maximum atomic E-state index is 11.6. The Kier molecular flexibility index (Phi) is 2.47. The van der Waals surface area contributed by atoms with E-state index in [9.17, 15) is 4.79 Å². The summed E-state index contributed by atoms with van der Waals surface area (Å²) in [5.74, 6) is -0.108. The van der Waals surface area contributed by atoms with E-state index in [1.807, 2.05) is 0 Å². The largest absolute Gasteiger partial charge is 0.348 e. The van der Waals surface area contributed by atoms with Crippen LogP contribution in [-0.4, -0.2) is 27.4 Å². The SMILES string of the molecule is Cc1n[nH]nc1C(=O)NC1CCCC1. The number of amides is 1. The van der Waals surface area contributed by atoms with E-state index in [-0.39, 0.29) is 5.91 Å². The molecule has 2 N–H and O–H groups in total. The van der Waals surface area contributed by atoms with E-state index in [2.05, 4.69) is 20.7 Å². The summed E-state index contributed by atoms with van der Waals surface area (Å²) in [5, 5.41) is 13.0. The number of carbonyl (C=O) groups excluding carboxylic acids is 1. The molecule has 1 aliphatic rings. The Morgan fingerprint density at radius 1 is 1.43 bits per heavy atom. The average molecular weight is 194 g/mol. The number of nitrogens with one attached hydrogen (secondary N) is 2. The number of H-pyrrole nitrogens is 1. The molecule has 0 aliphatic heterocycles. The van der Waals surface area contributed by atoms with Crippen molar-refractivity contribution in [2.24, 2.45) is 0 Å². The van der Waals surface area contributed by atoms with Gasteiger partial charge in [0.25, 0.3) is 5.91 Å². The maximum absolute atomic E-state index is 11.6. The Morgan fingerprint density at radius 2 is 2.14 bits per heavy atom. The summed E-state index contributed by atoms with van der Waals surface area (Å²) in [6.45, 7) is 1.77. The van der Waals surface area contributed by atoms with Crippen molar-refractivity contribution in [1.29, 1.82) is 0 Å². The second-order valence-electron chi connectivity index (χ2n) is 3.71. The molecule has 1 aromatic heterocycles. The first-order chi connectivity index (χ1) is 6.77. The van der Waals surface area contributed by atoms with Crippen LogP contribution in [0.4, 0.5) is 0 Å². The highest BCUT2D eigenvalue weighted by atomic mass is 16.2. The van der Waals surface area contributed by atoms with Crippen LogP contribution in [0.25, 0.3) is 0 Å². The standard InChI is InChI=1S/C9H14N4O/c1-6-8(12-13-11-6)9(14)10-7-4-2-3-5-7/h7H,2-5H2,1H3,(H,10,14)(H,11,12,13). The molecule has 5 heteroatoms. The van der Waals surface area contributed by atoms with Gasteiger partial charge in [0.1, 0.15) is 0 Å². The third-order valence-electron chi connectivity index (χ3n) is 2.63. The molecule has 2 rings (SSSR count). The van der Waals surface area contributed by atoms with Gasteiger partial charge in [-0.15, -0.1) is 0 Å². The van der Waals surface area contributed by atoms with Gasteiger partial charge in [-0.2, -0.15) is 15.4 Å². The van der Waals surface area contributed by atoms with Gasteiger partial charge in [-0.25, -0.2) is 0 Å². The molecule has 0 bridgehead atoms. The molecule has 0 saturated heterocycles. The highest BCUT2D eigenvalue weighted by molar-refractivity contribution is 5.93. The number of hydrogen-bond donors (Lipinski definition) is 2. The molecule has 5 nitrogen and oxygen atoms in total. The molecule has 0 spiro atoms. The lowest BCUT2D eigenvalue weighted by atomic mass is 10.2. The fraction of sp³-hybridized carbons (Fsp3) is 0.667. The molecular formula is C9H14N4O. The summed E-state index contributed by atoms with van der Waals surface area (Å²) >= 11 is 0. The molecule has 1 saturated carbocycles. The molecule has 0 aromatic carbocycles. The fourth-order valence-corrected chi connectivity index (χ4v) is 1.82. The monoisotopic (exact) mass is 194 g/mol. The van der Waals surface area contributed by atoms with E-state index >= 15 is 0 Å². The normalized spacial score (nSPS) is 17.2. The highest BCUT2D eigenvalue weighted by Crippen LogP contribution is 2.17. The summed E-state index contributed by atoms with van der Waals surface area (Å²) in [4.78, 5) is 11.6. The predicted molar refractivity (Wildman–Crippen MR) is 50.8 cm³/mol. The van der Waals surface area contributed by atoms with E-state index < -0.39 is 0 Å². The fourth-order valence-electron chi connectivity index (χ4n) is 1.82. The smallest absolute Gasteiger partial charge is 0.273 e. The van der Waals surface area contributed by atoms with Crippen molar-refractivity contribution in [1.82, 2.24) is 20.7 Å². The molecule has 76 valence electrons. The summed E-state index contributed by atoms with van der Waals surface area (Å²) < 4.78 is 0. The molecule has 0 atom stereocenters. The highest BCUT2D eigenvalue weighted by Gasteiger charge is 2.20. The minimum Gasteiger partial charge on any atom is -0.348 e. The quantitative estimate of drug-likeness (QED) is 0.731. The third-order valence-corrected chi connectivity index (χ3v) is 2.63. The van der Waals surface area contributed by atoms with Crippen molar-refractivity contribution in [2.45, 2.75) is 38.6 Å². The lowest BCUT2D eigenvalue weighted by molar-refractivity contribution is 0.0932. The van der Waals surface area contributed by atoms with Gasteiger partial charge in [-0.3, -0.25) is 4.79 Å². The number of rotatable bonds is 2. The Morgan fingerprint density at radius 3 is 2.71 bits per heavy atom. The van der Waals surface area contributed by atoms with Gasteiger partial charge in [0.05, 0.1) is 5.69 Å². The molecule has 14 heavy (non-hydrogen) atoms. The van der Waals surface area contributed by atoms with E-state index in [1.165, 1.54) is 12.8 Å². The van der Waals surface area contributed by atoms with Crippen LogP contribution in [0.5, 0.6) is 0 Å². The first kappa shape index (κ1) is 9.18. The van der Waals surface area contributed by atoms with E-state index in [1.54, 1.807) is 6.92 Å². The first-order valence-corrected chi connectivity index (χ1v) is 4.95. The molecule has 1 aromatic rings. The number of aromatic nitrogens is 3. The van der Waals surface area contributed by atoms with Gasteiger partial charge >= 0.3 is 0 Å². The molecular weight excluding hydrogens is 180 g/mol. The van der Waals surface area contributed by atoms with Crippen LogP contribution < -0.4 is 5.32 Å². The van der Waals surface area contributed by atoms with E-state index in [0.717, 1.165) is 12.8 Å². The summed E-state index contributed by atoms with van der Waals surface area (Å²) in [7, 11) is 0. The van der Waals surface area contributed by atoms with Gasteiger partial charge in [-0.05, 0) is 19.8 Å². The number of hydrogen-bond acceptors (Lipinski definition) is 3. The Bertz CT molecular complexity index is 327. The molecule has 0 unspecified atom stereocenters. The molecule has 1 heterocycles. The second kappa shape index (κ2) is 3.77. The lowest BCUT2D eigenvalue weighted by Gasteiger charge is -2.09. The number of nitrogens with zero attached hydrogens (tertiary/aromatic N) is 2. The van der Waals surface area contributed by atoms with Gasteiger partial charge in [0, 0.05) is 6.04 Å². The second-order valence-corrected chi connectivity index (χ2v) is 3.71. The third kappa shape index (κ3) is 1.76. The number of carbonyl (C=O) groups is 1. The zero-order chi connectivity index (χ0) is 9.97.